The Kier molecular flexibility index (Phi) is 5.07. The number of sulfone groups is 1. The summed E-state index contributed by atoms with van der Waals surface area (Å²) < 4.78 is 24.9. The molecule has 1 aliphatic heterocycles. The molecule has 1 saturated heterocycles. The number of carbonyl (C=O) groups is 1. The van der Waals surface area contributed by atoms with Crippen LogP contribution in [0, 0.1) is 0 Å². The van der Waals surface area contributed by atoms with Gasteiger partial charge in [0.05, 0.1) is 10.6 Å². The first-order valence-electron chi connectivity index (χ1n) is 7.14. The predicted molar refractivity (Wildman–Crippen MR) is 91.8 cm³/mol. The molecule has 9 heteroatoms. The first kappa shape index (κ1) is 17.2. The van der Waals surface area contributed by atoms with Gasteiger partial charge in [-0.2, -0.15) is 0 Å². The minimum absolute atomic E-state index is 0.116. The van der Waals surface area contributed by atoms with Gasteiger partial charge in [0.2, 0.25) is 5.91 Å². The summed E-state index contributed by atoms with van der Waals surface area (Å²) in [5, 5.41) is 0.442. The van der Waals surface area contributed by atoms with Crippen molar-refractivity contribution in [2.75, 3.05) is 18.8 Å². The van der Waals surface area contributed by atoms with Gasteiger partial charge in [-0.3, -0.25) is 4.79 Å². The first-order chi connectivity index (χ1) is 11.5. The zero-order chi connectivity index (χ0) is 17.2. The minimum Gasteiger partial charge on any atom is -0.339 e. The van der Waals surface area contributed by atoms with E-state index in [2.05, 4.69) is 9.97 Å². The van der Waals surface area contributed by atoms with E-state index in [1.165, 1.54) is 28.8 Å². The zero-order valence-corrected chi connectivity index (χ0v) is 14.9. The van der Waals surface area contributed by atoms with Crippen molar-refractivity contribution in [1.29, 1.82) is 0 Å². The van der Waals surface area contributed by atoms with Gasteiger partial charge in [-0.05, 0) is 30.3 Å². The van der Waals surface area contributed by atoms with Crippen LogP contribution in [0.1, 0.15) is 0 Å². The van der Waals surface area contributed by atoms with Gasteiger partial charge in [-0.1, -0.05) is 23.4 Å². The maximum absolute atomic E-state index is 12.5. The zero-order valence-electron chi connectivity index (χ0n) is 12.5. The lowest BCUT2D eigenvalue weighted by molar-refractivity contribution is -0.131. The second kappa shape index (κ2) is 7.08. The standard InChI is InChI=1S/C15H14ClN3O3S2/c16-11-2-4-12(5-3-11)24(21,22)13-8-19(9-13)14(20)10-23-15-17-6-1-7-18-15/h1-7,13H,8-10H2. The van der Waals surface area contributed by atoms with Crippen molar-refractivity contribution in [2.24, 2.45) is 0 Å². The fraction of sp³-hybridized carbons (Fsp3) is 0.267. The second-order valence-electron chi connectivity index (χ2n) is 5.24. The van der Waals surface area contributed by atoms with Gasteiger partial charge in [-0.25, -0.2) is 18.4 Å². The Morgan fingerprint density at radius 2 is 1.83 bits per heavy atom. The largest absolute Gasteiger partial charge is 0.339 e. The Balaban J connectivity index is 1.54. The van der Waals surface area contributed by atoms with Crippen LogP contribution in [0.15, 0.2) is 52.8 Å². The summed E-state index contributed by atoms with van der Waals surface area (Å²) in [5.41, 5.74) is 0. The summed E-state index contributed by atoms with van der Waals surface area (Å²) in [6.07, 6.45) is 3.22. The Labute approximate surface area is 149 Å². The second-order valence-corrected chi connectivity index (χ2v) is 8.85. The van der Waals surface area contributed by atoms with E-state index < -0.39 is 15.1 Å². The van der Waals surface area contributed by atoms with Gasteiger partial charge in [0, 0.05) is 30.5 Å². The van der Waals surface area contributed by atoms with Crippen molar-refractivity contribution in [3.8, 4) is 0 Å². The Bertz CT molecular complexity index is 823. The van der Waals surface area contributed by atoms with Crippen LogP contribution in [0.5, 0.6) is 0 Å². The van der Waals surface area contributed by atoms with E-state index in [9.17, 15) is 13.2 Å². The maximum Gasteiger partial charge on any atom is 0.233 e. The molecule has 1 aromatic carbocycles. The molecule has 3 rings (SSSR count). The quantitative estimate of drug-likeness (QED) is 0.579. The number of thioether (sulfide) groups is 1. The highest BCUT2D eigenvalue weighted by Gasteiger charge is 2.40. The van der Waals surface area contributed by atoms with Crippen LogP contribution in [0.2, 0.25) is 5.02 Å². The molecule has 0 N–H and O–H groups in total. The third kappa shape index (κ3) is 3.71. The minimum atomic E-state index is -3.44. The lowest BCUT2D eigenvalue weighted by atomic mass is 10.2. The molecule has 6 nitrogen and oxygen atoms in total. The van der Waals surface area contributed by atoms with Gasteiger partial charge in [0.15, 0.2) is 15.0 Å². The fourth-order valence-electron chi connectivity index (χ4n) is 2.23. The number of benzene rings is 1. The molecule has 0 saturated carbocycles. The van der Waals surface area contributed by atoms with Gasteiger partial charge in [0.25, 0.3) is 0 Å². The highest BCUT2D eigenvalue weighted by molar-refractivity contribution is 7.99. The molecule has 126 valence electrons. The van der Waals surface area contributed by atoms with Crippen LogP contribution < -0.4 is 0 Å². The molecular weight excluding hydrogens is 370 g/mol. The number of likely N-dealkylation sites (tertiary alicyclic amines) is 1. The van der Waals surface area contributed by atoms with Crippen LogP contribution in [0.4, 0.5) is 0 Å². The van der Waals surface area contributed by atoms with E-state index in [-0.39, 0.29) is 29.6 Å². The van der Waals surface area contributed by atoms with Crippen LogP contribution in [-0.2, 0) is 14.6 Å². The Morgan fingerprint density at radius 3 is 2.46 bits per heavy atom. The molecule has 2 heterocycles. The van der Waals surface area contributed by atoms with Crippen molar-refractivity contribution < 1.29 is 13.2 Å². The molecule has 0 atom stereocenters. The van der Waals surface area contributed by atoms with E-state index in [0.29, 0.717) is 10.2 Å². The normalized spacial score (nSPS) is 15.1. The molecule has 1 aromatic heterocycles. The van der Waals surface area contributed by atoms with Crippen LogP contribution in [0.3, 0.4) is 0 Å². The Morgan fingerprint density at radius 1 is 1.21 bits per heavy atom. The summed E-state index contributed by atoms with van der Waals surface area (Å²) in [4.78, 5) is 21.9. The highest BCUT2D eigenvalue weighted by atomic mass is 35.5. The van der Waals surface area contributed by atoms with E-state index in [1.54, 1.807) is 30.6 Å². The molecule has 0 bridgehead atoms. The fourth-order valence-corrected chi connectivity index (χ4v) is 4.72. The number of carbonyl (C=O) groups excluding carboxylic acids is 1. The monoisotopic (exact) mass is 383 g/mol. The molecule has 24 heavy (non-hydrogen) atoms. The number of amides is 1. The van der Waals surface area contributed by atoms with E-state index in [1.807, 2.05) is 0 Å². The van der Waals surface area contributed by atoms with Gasteiger partial charge in [0.1, 0.15) is 5.25 Å². The van der Waals surface area contributed by atoms with Crippen molar-refractivity contribution >= 4 is 39.1 Å². The average Bonchev–Trinajstić information content (AvgIpc) is 2.52. The lowest BCUT2D eigenvalue weighted by Crippen LogP contribution is -2.57. The van der Waals surface area contributed by atoms with Crippen molar-refractivity contribution in [3.05, 3.63) is 47.7 Å². The summed E-state index contributed by atoms with van der Waals surface area (Å²) in [5.74, 6) is 0.0765. The van der Waals surface area contributed by atoms with Crippen LogP contribution in [0.25, 0.3) is 0 Å². The van der Waals surface area contributed by atoms with Crippen LogP contribution in [-0.4, -0.2) is 53.3 Å². The number of nitrogens with zero attached hydrogens (tertiary/aromatic N) is 3. The molecular formula is C15H14ClN3O3S2. The molecule has 0 aliphatic carbocycles. The summed E-state index contributed by atoms with van der Waals surface area (Å²) >= 11 is 7.01. The number of hydrogen-bond donors (Lipinski definition) is 0. The first-order valence-corrected chi connectivity index (χ1v) is 10.0. The Hall–Kier alpha value is -1.64. The van der Waals surface area contributed by atoms with Crippen LogP contribution >= 0.6 is 23.4 Å². The summed E-state index contributed by atoms with van der Waals surface area (Å²) in [7, 11) is -3.44. The number of rotatable bonds is 5. The molecule has 2 aromatic rings. The highest BCUT2D eigenvalue weighted by Crippen LogP contribution is 2.25. The molecule has 1 fully saturated rings. The molecule has 1 aliphatic rings. The van der Waals surface area contributed by atoms with Gasteiger partial charge < -0.3 is 4.90 Å². The number of hydrogen-bond acceptors (Lipinski definition) is 6. The van der Waals surface area contributed by atoms with Crippen molar-refractivity contribution in [2.45, 2.75) is 15.3 Å². The average molecular weight is 384 g/mol. The topological polar surface area (TPSA) is 80.2 Å². The molecule has 0 spiro atoms. The predicted octanol–water partition coefficient (Wildman–Crippen LogP) is 1.91. The third-order valence-electron chi connectivity index (χ3n) is 3.65. The van der Waals surface area contributed by atoms with Crippen molar-refractivity contribution in [3.63, 3.8) is 0 Å². The van der Waals surface area contributed by atoms with E-state index >= 15 is 0 Å². The number of halogens is 1. The SMILES string of the molecule is O=C(CSc1ncccn1)N1CC(S(=O)(=O)c2ccc(Cl)cc2)C1. The van der Waals surface area contributed by atoms with Gasteiger partial charge in [-0.15, -0.1) is 0 Å². The smallest absolute Gasteiger partial charge is 0.233 e. The molecule has 0 unspecified atom stereocenters. The number of aromatic nitrogens is 2. The van der Waals surface area contributed by atoms with Gasteiger partial charge >= 0.3 is 0 Å². The summed E-state index contributed by atoms with van der Waals surface area (Å²) in [6.45, 7) is 0.417. The summed E-state index contributed by atoms with van der Waals surface area (Å²) in [6, 6.07) is 7.78. The molecule has 0 radical (unpaired) electrons. The molecule has 1 amide bonds. The van der Waals surface area contributed by atoms with E-state index in [0.717, 1.165) is 0 Å². The van der Waals surface area contributed by atoms with E-state index in [4.69, 9.17) is 11.6 Å². The van der Waals surface area contributed by atoms with Crippen molar-refractivity contribution in [1.82, 2.24) is 14.9 Å². The third-order valence-corrected chi connectivity index (χ3v) is 6.87. The lowest BCUT2D eigenvalue weighted by Gasteiger charge is -2.38. The maximum atomic E-state index is 12.5.